The van der Waals surface area contributed by atoms with Crippen molar-refractivity contribution >= 4 is 12.0 Å². The van der Waals surface area contributed by atoms with Gasteiger partial charge in [0.2, 0.25) is 5.88 Å². The van der Waals surface area contributed by atoms with Gasteiger partial charge < -0.3 is 25.2 Å². The molecular formula is C33H42N4O5. The van der Waals surface area contributed by atoms with E-state index < -0.39 is 24.1 Å². The fourth-order valence-electron chi connectivity index (χ4n) is 5.09. The molecule has 3 N–H and O–H groups in total. The predicted molar refractivity (Wildman–Crippen MR) is 161 cm³/mol. The van der Waals surface area contributed by atoms with E-state index >= 15 is 0 Å². The van der Waals surface area contributed by atoms with Gasteiger partial charge in [-0.05, 0) is 50.3 Å². The average Bonchev–Trinajstić information content (AvgIpc) is 2.99. The van der Waals surface area contributed by atoms with Crippen molar-refractivity contribution in [3.05, 3.63) is 78.0 Å². The van der Waals surface area contributed by atoms with Crippen LogP contribution in [-0.2, 0) is 9.53 Å². The average molecular weight is 575 g/mol. The molecule has 9 nitrogen and oxygen atoms in total. The van der Waals surface area contributed by atoms with Crippen LogP contribution in [0, 0.1) is 12.3 Å². The number of benzene rings is 2. The van der Waals surface area contributed by atoms with Crippen molar-refractivity contribution in [3.8, 4) is 17.0 Å². The lowest BCUT2D eigenvalue weighted by Crippen LogP contribution is -2.51. The van der Waals surface area contributed by atoms with E-state index in [1.807, 2.05) is 87.5 Å². The predicted octanol–water partition coefficient (Wildman–Crippen LogP) is 5.52. The molecule has 1 unspecified atom stereocenters. The fraction of sp³-hybridized carbons (Fsp3) is 0.455. The third-order valence-electron chi connectivity index (χ3n) is 7.89. The van der Waals surface area contributed by atoms with E-state index in [0.29, 0.717) is 18.9 Å². The molecule has 0 aliphatic heterocycles. The number of nitrogens with one attached hydrogen (secondary N) is 2. The highest BCUT2D eigenvalue weighted by Crippen LogP contribution is 2.42. The van der Waals surface area contributed by atoms with Crippen molar-refractivity contribution in [2.45, 2.75) is 77.5 Å². The molecule has 1 aliphatic rings. The van der Waals surface area contributed by atoms with Crippen molar-refractivity contribution in [3.63, 3.8) is 0 Å². The minimum Gasteiger partial charge on any atom is -0.475 e. The molecule has 2 aromatic carbocycles. The van der Waals surface area contributed by atoms with Crippen LogP contribution in [0.25, 0.3) is 11.1 Å². The second-order valence-corrected chi connectivity index (χ2v) is 11.3. The van der Waals surface area contributed by atoms with Crippen LogP contribution in [0.4, 0.5) is 4.79 Å². The van der Waals surface area contributed by atoms with Gasteiger partial charge >= 0.3 is 6.09 Å². The maximum Gasteiger partial charge on any atom is 0.407 e. The summed E-state index contributed by atoms with van der Waals surface area (Å²) in [5.74, 6) is -0.0916. The molecule has 4 rings (SSSR count). The standard InChI is InChI=1S/C33H42N4O5/c1-4-5-17-28(29(38)30(39)34-24(3)25-13-8-6-9-14-25)35-32(40)42-22-33(18-12-19-33)21-41-31-27(20-23(2)36-37-31)26-15-10-7-11-16-26/h6-11,13-16,20,24,28-29,38H,4-5,12,17-19,21-22H2,1-3H3,(H,34,39)(H,35,40)/t24-,28-,29?/m1/s1. The van der Waals surface area contributed by atoms with Crippen molar-refractivity contribution in [2.75, 3.05) is 13.2 Å². The number of nitrogens with zero attached hydrogens (tertiary/aromatic N) is 2. The zero-order valence-corrected chi connectivity index (χ0v) is 24.7. The second-order valence-electron chi connectivity index (χ2n) is 11.3. The van der Waals surface area contributed by atoms with Gasteiger partial charge in [0, 0.05) is 11.0 Å². The largest absolute Gasteiger partial charge is 0.475 e. The molecule has 42 heavy (non-hydrogen) atoms. The first kappa shape index (κ1) is 31.0. The highest BCUT2D eigenvalue weighted by molar-refractivity contribution is 5.82. The Morgan fingerprint density at radius 2 is 1.69 bits per heavy atom. The number of aliphatic hydroxyl groups is 1. The number of aromatic nitrogens is 2. The number of hydrogen-bond acceptors (Lipinski definition) is 7. The van der Waals surface area contributed by atoms with Gasteiger partial charge in [-0.15, -0.1) is 5.10 Å². The second kappa shape index (κ2) is 14.8. The maximum absolute atomic E-state index is 12.9. The monoisotopic (exact) mass is 574 g/mol. The lowest BCUT2D eigenvalue weighted by atomic mass is 9.70. The normalized spacial score (nSPS) is 15.9. The highest BCUT2D eigenvalue weighted by atomic mass is 16.6. The molecule has 224 valence electrons. The summed E-state index contributed by atoms with van der Waals surface area (Å²) in [4.78, 5) is 25.8. The Morgan fingerprint density at radius 1 is 1.00 bits per heavy atom. The van der Waals surface area contributed by atoms with Crippen molar-refractivity contribution < 1.29 is 24.2 Å². The van der Waals surface area contributed by atoms with E-state index in [1.54, 1.807) is 0 Å². The topological polar surface area (TPSA) is 123 Å². The Morgan fingerprint density at radius 3 is 2.33 bits per heavy atom. The summed E-state index contributed by atoms with van der Waals surface area (Å²) < 4.78 is 11.8. The van der Waals surface area contributed by atoms with Gasteiger partial charge in [0.1, 0.15) is 6.61 Å². The summed E-state index contributed by atoms with van der Waals surface area (Å²) in [6.45, 7) is 6.25. The van der Waals surface area contributed by atoms with Crippen molar-refractivity contribution in [2.24, 2.45) is 5.41 Å². The van der Waals surface area contributed by atoms with E-state index in [2.05, 4.69) is 20.8 Å². The van der Waals surface area contributed by atoms with Crippen LogP contribution in [-0.4, -0.2) is 52.7 Å². The maximum atomic E-state index is 12.9. The minimum atomic E-state index is -1.41. The van der Waals surface area contributed by atoms with Gasteiger partial charge in [-0.2, -0.15) is 5.10 Å². The summed E-state index contributed by atoms with van der Waals surface area (Å²) >= 11 is 0. The SMILES string of the molecule is CCCC[C@@H](NC(=O)OCC1(COc2nnc(C)cc2-c2ccccc2)CCC1)C(O)C(=O)N[C@H](C)c1ccccc1. The lowest BCUT2D eigenvalue weighted by molar-refractivity contribution is -0.131. The van der Waals surface area contributed by atoms with E-state index in [1.165, 1.54) is 0 Å². The zero-order chi connectivity index (χ0) is 30.0. The van der Waals surface area contributed by atoms with Crippen LogP contribution in [0.5, 0.6) is 5.88 Å². The van der Waals surface area contributed by atoms with Crippen LogP contribution in [0.1, 0.15) is 69.7 Å². The van der Waals surface area contributed by atoms with E-state index in [4.69, 9.17) is 9.47 Å². The van der Waals surface area contributed by atoms with Crippen LogP contribution < -0.4 is 15.4 Å². The molecule has 0 spiro atoms. The van der Waals surface area contributed by atoms with Crippen LogP contribution in [0.3, 0.4) is 0 Å². The van der Waals surface area contributed by atoms with E-state index in [0.717, 1.165) is 54.5 Å². The molecule has 1 fully saturated rings. The molecular weight excluding hydrogens is 532 g/mol. The first-order valence-electron chi connectivity index (χ1n) is 14.8. The van der Waals surface area contributed by atoms with Crippen LogP contribution >= 0.6 is 0 Å². The highest BCUT2D eigenvalue weighted by Gasteiger charge is 2.40. The Bertz CT molecular complexity index is 1300. The lowest BCUT2D eigenvalue weighted by Gasteiger charge is -2.40. The zero-order valence-electron chi connectivity index (χ0n) is 24.7. The Balaban J connectivity index is 1.34. The number of aryl methyl sites for hydroxylation is 1. The number of rotatable bonds is 14. The number of alkyl carbamates (subject to hydrolysis) is 1. The summed E-state index contributed by atoms with van der Waals surface area (Å²) in [5.41, 5.74) is 3.24. The fourth-order valence-corrected chi connectivity index (χ4v) is 5.09. The van der Waals surface area contributed by atoms with Crippen molar-refractivity contribution in [1.82, 2.24) is 20.8 Å². The Hall–Kier alpha value is -3.98. The summed E-state index contributed by atoms with van der Waals surface area (Å²) in [6.07, 6.45) is 2.68. The van der Waals surface area contributed by atoms with Gasteiger partial charge in [0.05, 0.1) is 24.4 Å². The summed E-state index contributed by atoms with van der Waals surface area (Å²) in [6, 6.07) is 20.3. The van der Waals surface area contributed by atoms with E-state index in [9.17, 15) is 14.7 Å². The molecule has 3 aromatic rings. The molecule has 0 saturated heterocycles. The van der Waals surface area contributed by atoms with Gasteiger partial charge in [-0.3, -0.25) is 4.79 Å². The number of hydrogen-bond donors (Lipinski definition) is 3. The number of aliphatic hydroxyl groups excluding tert-OH is 1. The van der Waals surface area contributed by atoms with Gasteiger partial charge in [-0.25, -0.2) is 4.79 Å². The molecule has 2 amide bonds. The molecule has 0 bridgehead atoms. The van der Waals surface area contributed by atoms with Gasteiger partial charge in [0.15, 0.2) is 6.10 Å². The Labute approximate surface area is 248 Å². The van der Waals surface area contributed by atoms with Crippen molar-refractivity contribution in [1.29, 1.82) is 0 Å². The summed E-state index contributed by atoms with van der Waals surface area (Å²) in [7, 11) is 0. The number of carbonyl (C=O) groups excluding carboxylic acids is 2. The number of carbonyl (C=O) groups is 2. The molecule has 1 saturated carbocycles. The van der Waals surface area contributed by atoms with Gasteiger partial charge in [0.25, 0.3) is 5.91 Å². The summed E-state index contributed by atoms with van der Waals surface area (Å²) in [5, 5.41) is 24.9. The molecule has 3 atom stereocenters. The number of ether oxygens (including phenoxy) is 2. The molecule has 1 aliphatic carbocycles. The smallest absolute Gasteiger partial charge is 0.407 e. The van der Waals surface area contributed by atoms with E-state index in [-0.39, 0.29) is 18.1 Å². The first-order valence-corrected chi connectivity index (χ1v) is 14.8. The van der Waals surface area contributed by atoms with Gasteiger partial charge in [-0.1, -0.05) is 86.8 Å². The Kier molecular flexibility index (Phi) is 10.9. The number of unbranched alkanes of at least 4 members (excludes halogenated alkanes) is 1. The minimum absolute atomic E-state index is 0.159. The molecule has 9 heteroatoms. The first-order chi connectivity index (χ1) is 20.3. The molecule has 1 aromatic heterocycles. The third kappa shape index (κ3) is 8.28. The van der Waals surface area contributed by atoms with Crippen LogP contribution in [0.2, 0.25) is 0 Å². The molecule has 1 heterocycles. The van der Waals surface area contributed by atoms with Crippen LogP contribution in [0.15, 0.2) is 66.7 Å². The number of amides is 2. The quantitative estimate of drug-likeness (QED) is 0.232. The molecule has 0 radical (unpaired) electrons. The third-order valence-corrected chi connectivity index (χ3v) is 7.89.